The number of carboxylic acids is 1. The number of hydrogen-bond donors (Lipinski definition) is 2. The lowest BCUT2D eigenvalue weighted by Crippen LogP contribution is -2.20. The number of hydrogen-bond acceptors (Lipinski definition) is 7. The third kappa shape index (κ3) is 6.28. The minimum absolute atomic E-state index is 0.141. The van der Waals surface area contributed by atoms with Crippen molar-refractivity contribution in [2.45, 2.75) is 6.42 Å². The average molecular weight is 466 g/mol. The summed E-state index contributed by atoms with van der Waals surface area (Å²) in [5.41, 5.74) is 2.96. The lowest BCUT2D eigenvalue weighted by molar-refractivity contribution is -0.385. The van der Waals surface area contributed by atoms with Crippen LogP contribution in [0.15, 0.2) is 46.0 Å². The maximum absolute atomic E-state index is 12.0. The molecule has 0 aromatic heterocycles. The number of amides is 1. The monoisotopic (exact) mass is 465 g/mol. The normalized spacial score (nSPS) is 10.6. The second kappa shape index (κ2) is 10.2. The summed E-state index contributed by atoms with van der Waals surface area (Å²) in [6.45, 7) is -0.538. The highest BCUT2D eigenvalue weighted by atomic mass is 79.9. The van der Waals surface area contributed by atoms with Gasteiger partial charge in [-0.1, -0.05) is 18.2 Å². The van der Waals surface area contributed by atoms with Gasteiger partial charge in [-0.25, -0.2) is 10.2 Å². The third-order valence-electron chi connectivity index (χ3n) is 3.53. The Balaban J connectivity index is 2.06. The van der Waals surface area contributed by atoms with E-state index in [0.29, 0.717) is 10.0 Å². The molecule has 0 saturated heterocycles. The lowest BCUT2D eigenvalue weighted by atomic mass is 10.1. The summed E-state index contributed by atoms with van der Waals surface area (Å²) in [5, 5.41) is 23.5. The van der Waals surface area contributed by atoms with Crippen molar-refractivity contribution in [2.24, 2.45) is 5.10 Å². The molecule has 0 radical (unpaired) electrons. The third-order valence-corrected chi connectivity index (χ3v) is 4.12. The molecule has 0 aliphatic rings. The summed E-state index contributed by atoms with van der Waals surface area (Å²) in [5.74, 6) is -1.17. The average Bonchev–Trinajstić information content (AvgIpc) is 2.66. The topological polar surface area (TPSA) is 140 Å². The van der Waals surface area contributed by atoms with Crippen LogP contribution in [0.3, 0.4) is 0 Å². The van der Waals surface area contributed by atoms with Gasteiger partial charge in [0.1, 0.15) is 0 Å². The number of carboxylic acid groups (broad SMARTS) is 1. The number of nitro benzene ring substituents is 1. The van der Waals surface area contributed by atoms with Gasteiger partial charge in [0.2, 0.25) is 5.91 Å². The molecular formula is C18H16BrN3O7. The number of aliphatic carboxylic acids is 1. The Hall–Kier alpha value is -3.47. The van der Waals surface area contributed by atoms with E-state index < -0.39 is 23.4 Å². The molecule has 0 unspecified atom stereocenters. The van der Waals surface area contributed by atoms with Gasteiger partial charge in [-0.05, 0) is 33.6 Å². The first-order chi connectivity index (χ1) is 13.8. The number of nitrogens with zero attached hydrogens (tertiary/aromatic N) is 2. The van der Waals surface area contributed by atoms with Gasteiger partial charge in [0.25, 0.3) is 5.69 Å². The summed E-state index contributed by atoms with van der Waals surface area (Å²) in [6.07, 6.45) is 1.13. The summed E-state index contributed by atoms with van der Waals surface area (Å²) in [7, 11) is 1.39. The number of methoxy groups -OCH3 is 1. The summed E-state index contributed by atoms with van der Waals surface area (Å²) in [6, 6.07) is 9.09. The molecule has 0 saturated carbocycles. The van der Waals surface area contributed by atoms with E-state index in [0.717, 1.165) is 0 Å². The van der Waals surface area contributed by atoms with Gasteiger partial charge in [-0.2, -0.15) is 5.10 Å². The van der Waals surface area contributed by atoms with Crippen molar-refractivity contribution in [3.8, 4) is 11.5 Å². The molecule has 10 nitrogen and oxygen atoms in total. The Morgan fingerprint density at radius 1 is 1.34 bits per heavy atom. The highest BCUT2D eigenvalue weighted by Crippen LogP contribution is 2.36. The summed E-state index contributed by atoms with van der Waals surface area (Å²) >= 11 is 3.26. The molecule has 0 aliphatic heterocycles. The number of carbonyl (C=O) groups is 2. The van der Waals surface area contributed by atoms with Crippen LogP contribution < -0.4 is 14.9 Å². The van der Waals surface area contributed by atoms with Gasteiger partial charge in [-0.3, -0.25) is 14.9 Å². The Labute approximate surface area is 173 Å². The van der Waals surface area contributed by atoms with Crippen molar-refractivity contribution in [3.05, 3.63) is 62.1 Å². The first kappa shape index (κ1) is 21.8. The molecule has 29 heavy (non-hydrogen) atoms. The molecule has 0 fully saturated rings. The molecule has 0 atom stereocenters. The molecule has 0 spiro atoms. The molecule has 1 amide bonds. The molecule has 0 heterocycles. The first-order valence-electron chi connectivity index (χ1n) is 8.08. The Morgan fingerprint density at radius 3 is 2.72 bits per heavy atom. The zero-order valence-corrected chi connectivity index (χ0v) is 16.7. The van der Waals surface area contributed by atoms with E-state index in [1.54, 1.807) is 18.2 Å². The SMILES string of the molecule is COc1cc(/C=N/NC(=O)Cc2ccccc2[N+](=O)[O-])cc(Br)c1OCC(=O)O. The van der Waals surface area contributed by atoms with Crippen LogP contribution in [0.1, 0.15) is 11.1 Å². The van der Waals surface area contributed by atoms with E-state index in [1.165, 1.54) is 31.5 Å². The van der Waals surface area contributed by atoms with E-state index in [4.69, 9.17) is 14.6 Å². The molecule has 0 aliphatic carbocycles. The standard InChI is InChI=1S/C18H16BrN3O7/c1-28-15-7-11(6-13(19)18(15)29-10-17(24)25)9-20-21-16(23)8-12-4-2-3-5-14(12)22(26)27/h2-7,9H,8,10H2,1H3,(H,21,23)(H,24,25)/b20-9+. The lowest BCUT2D eigenvalue weighted by Gasteiger charge is -2.12. The molecule has 2 aromatic rings. The molecule has 2 N–H and O–H groups in total. The number of ether oxygens (including phenoxy) is 2. The van der Waals surface area contributed by atoms with Gasteiger partial charge < -0.3 is 14.6 Å². The van der Waals surface area contributed by atoms with E-state index >= 15 is 0 Å². The number of hydrazone groups is 1. The second-order valence-electron chi connectivity index (χ2n) is 5.57. The van der Waals surface area contributed by atoms with Gasteiger partial charge in [0.05, 0.1) is 29.1 Å². The number of nitrogens with one attached hydrogen (secondary N) is 1. The maximum atomic E-state index is 12.0. The number of rotatable bonds is 9. The van der Waals surface area contributed by atoms with Crippen molar-refractivity contribution in [3.63, 3.8) is 0 Å². The van der Waals surface area contributed by atoms with Crippen LogP contribution in [0.5, 0.6) is 11.5 Å². The maximum Gasteiger partial charge on any atom is 0.341 e. The summed E-state index contributed by atoms with van der Waals surface area (Å²) < 4.78 is 10.8. The van der Waals surface area contributed by atoms with Crippen molar-refractivity contribution < 1.29 is 29.1 Å². The fourth-order valence-electron chi connectivity index (χ4n) is 2.32. The van der Waals surface area contributed by atoms with E-state index in [9.17, 15) is 19.7 Å². The van der Waals surface area contributed by atoms with Crippen LogP contribution >= 0.6 is 15.9 Å². The van der Waals surface area contributed by atoms with Gasteiger partial charge in [0, 0.05) is 11.6 Å². The Kier molecular flexibility index (Phi) is 7.66. The Morgan fingerprint density at radius 2 is 2.07 bits per heavy atom. The summed E-state index contributed by atoms with van der Waals surface area (Å²) in [4.78, 5) is 33.1. The van der Waals surface area contributed by atoms with Crippen molar-refractivity contribution >= 4 is 39.7 Å². The zero-order chi connectivity index (χ0) is 21.4. The van der Waals surface area contributed by atoms with Crippen molar-refractivity contribution in [2.75, 3.05) is 13.7 Å². The van der Waals surface area contributed by atoms with Crippen LogP contribution in [-0.2, 0) is 16.0 Å². The minimum Gasteiger partial charge on any atom is -0.493 e. The highest BCUT2D eigenvalue weighted by molar-refractivity contribution is 9.10. The number of carbonyl (C=O) groups excluding carboxylic acids is 1. The molecule has 0 bridgehead atoms. The van der Waals surface area contributed by atoms with Crippen LogP contribution in [0.4, 0.5) is 5.69 Å². The van der Waals surface area contributed by atoms with E-state index in [-0.39, 0.29) is 29.2 Å². The predicted molar refractivity (Wildman–Crippen MR) is 106 cm³/mol. The quantitative estimate of drug-likeness (QED) is 0.329. The zero-order valence-electron chi connectivity index (χ0n) is 15.1. The van der Waals surface area contributed by atoms with E-state index in [2.05, 4.69) is 26.5 Å². The molecule has 152 valence electrons. The van der Waals surface area contributed by atoms with Crippen LogP contribution in [-0.4, -0.2) is 41.8 Å². The van der Waals surface area contributed by atoms with E-state index in [1.807, 2.05) is 0 Å². The number of halogens is 1. The largest absolute Gasteiger partial charge is 0.493 e. The van der Waals surface area contributed by atoms with Crippen LogP contribution in [0.25, 0.3) is 0 Å². The molecular weight excluding hydrogens is 450 g/mol. The minimum atomic E-state index is -1.13. The molecule has 2 aromatic carbocycles. The fourth-order valence-corrected chi connectivity index (χ4v) is 2.89. The van der Waals surface area contributed by atoms with Gasteiger partial charge in [0.15, 0.2) is 18.1 Å². The van der Waals surface area contributed by atoms with Crippen molar-refractivity contribution in [1.82, 2.24) is 5.43 Å². The van der Waals surface area contributed by atoms with Crippen LogP contribution in [0, 0.1) is 10.1 Å². The Bertz CT molecular complexity index is 962. The predicted octanol–water partition coefficient (Wildman–Crippen LogP) is 2.52. The van der Waals surface area contributed by atoms with Gasteiger partial charge >= 0.3 is 5.97 Å². The van der Waals surface area contributed by atoms with Crippen LogP contribution in [0.2, 0.25) is 0 Å². The smallest absolute Gasteiger partial charge is 0.341 e. The number of benzene rings is 2. The first-order valence-corrected chi connectivity index (χ1v) is 8.87. The molecule has 2 rings (SSSR count). The second-order valence-corrected chi connectivity index (χ2v) is 6.43. The van der Waals surface area contributed by atoms with Gasteiger partial charge in [-0.15, -0.1) is 0 Å². The van der Waals surface area contributed by atoms with Crippen molar-refractivity contribution in [1.29, 1.82) is 0 Å². The highest BCUT2D eigenvalue weighted by Gasteiger charge is 2.15. The number of para-hydroxylation sites is 1. The fraction of sp³-hybridized carbons (Fsp3) is 0.167. The molecule has 11 heteroatoms. The number of nitro groups is 1.